The standard InChI is InChI=1S/C20H16BrNO2S2/c1-14-2-7-18(8-3-14)26-20-11-4-15(12-19(20)22(23)24)13-25-17-9-5-16(21)6-10-17/h2-12H,13H2,1H3. The molecule has 0 saturated carbocycles. The first-order valence-electron chi connectivity index (χ1n) is 7.91. The van der Waals surface area contributed by atoms with Crippen molar-refractivity contribution >= 4 is 45.1 Å². The number of nitro groups is 1. The van der Waals surface area contributed by atoms with Crippen molar-refractivity contribution in [3.05, 3.63) is 92.4 Å². The molecule has 0 fully saturated rings. The van der Waals surface area contributed by atoms with Gasteiger partial charge in [-0.1, -0.05) is 51.5 Å². The predicted octanol–water partition coefficient (Wildman–Crippen LogP) is 7.11. The number of benzene rings is 3. The average molecular weight is 446 g/mol. The molecule has 0 bridgehead atoms. The highest BCUT2D eigenvalue weighted by atomic mass is 79.9. The Bertz CT molecular complexity index is 912. The van der Waals surface area contributed by atoms with Gasteiger partial charge in [0.2, 0.25) is 0 Å². The average Bonchev–Trinajstić information content (AvgIpc) is 2.64. The quantitative estimate of drug-likeness (QED) is 0.230. The van der Waals surface area contributed by atoms with Crippen LogP contribution in [0.2, 0.25) is 0 Å². The summed E-state index contributed by atoms with van der Waals surface area (Å²) in [6.07, 6.45) is 0. The molecule has 3 aromatic carbocycles. The Balaban J connectivity index is 1.76. The number of thioether (sulfide) groups is 1. The molecule has 3 rings (SSSR count). The van der Waals surface area contributed by atoms with Gasteiger partial charge in [0.15, 0.2) is 0 Å². The number of hydrogen-bond acceptors (Lipinski definition) is 4. The van der Waals surface area contributed by atoms with Crippen LogP contribution in [0.3, 0.4) is 0 Å². The van der Waals surface area contributed by atoms with E-state index in [0.29, 0.717) is 10.6 Å². The molecule has 0 saturated heterocycles. The van der Waals surface area contributed by atoms with Gasteiger partial charge in [-0.25, -0.2) is 0 Å². The zero-order chi connectivity index (χ0) is 18.5. The summed E-state index contributed by atoms with van der Waals surface area (Å²) in [4.78, 5) is 14.0. The fraction of sp³-hybridized carbons (Fsp3) is 0.100. The minimum Gasteiger partial charge on any atom is -0.258 e. The molecule has 132 valence electrons. The molecule has 0 aliphatic heterocycles. The van der Waals surface area contributed by atoms with Crippen LogP contribution >= 0.6 is 39.5 Å². The fourth-order valence-electron chi connectivity index (χ4n) is 2.31. The van der Waals surface area contributed by atoms with Gasteiger partial charge in [-0.3, -0.25) is 10.1 Å². The zero-order valence-electron chi connectivity index (χ0n) is 14.0. The predicted molar refractivity (Wildman–Crippen MR) is 112 cm³/mol. The van der Waals surface area contributed by atoms with E-state index in [-0.39, 0.29) is 10.6 Å². The van der Waals surface area contributed by atoms with E-state index in [0.717, 1.165) is 19.8 Å². The Hall–Kier alpha value is -1.76. The Morgan fingerprint density at radius 1 is 0.962 bits per heavy atom. The molecule has 0 amide bonds. The Kier molecular flexibility index (Phi) is 6.40. The number of rotatable bonds is 6. The maximum atomic E-state index is 11.5. The molecule has 3 aromatic rings. The van der Waals surface area contributed by atoms with Gasteiger partial charge in [0.1, 0.15) is 0 Å². The molecule has 0 atom stereocenters. The van der Waals surface area contributed by atoms with Crippen LogP contribution in [0.1, 0.15) is 11.1 Å². The molecule has 0 heterocycles. The number of hydrogen-bond donors (Lipinski definition) is 0. The van der Waals surface area contributed by atoms with E-state index in [4.69, 9.17) is 0 Å². The minimum atomic E-state index is -0.301. The summed E-state index contributed by atoms with van der Waals surface area (Å²) in [7, 11) is 0. The molecule has 6 heteroatoms. The van der Waals surface area contributed by atoms with Crippen molar-refractivity contribution in [2.24, 2.45) is 0 Å². The van der Waals surface area contributed by atoms with Gasteiger partial charge in [0.25, 0.3) is 5.69 Å². The van der Waals surface area contributed by atoms with Crippen LogP contribution in [0.5, 0.6) is 0 Å². The van der Waals surface area contributed by atoms with Crippen molar-refractivity contribution < 1.29 is 4.92 Å². The smallest absolute Gasteiger partial charge is 0.258 e. The van der Waals surface area contributed by atoms with Gasteiger partial charge >= 0.3 is 0 Å². The van der Waals surface area contributed by atoms with Crippen LogP contribution in [0.4, 0.5) is 5.69 Å². The molecule has 0 spiro atoms. The zero-order valence-corrected chi connectivity index (χ0v) is 17.2. The number of nitrogens with zero attached hydrogens (tertiary/aromatic N) is 1. The monoisotopic (exact) mass is 445 g/mol. The van der Waals surface area contributed by atoms with E-state index in [1.807, 2.05) is 67.6 Å². The molecule has 0 N–H and O–H groups in total. The fourth-order valence-corrected chi connectivity index (χ4v) is 4.32. The van der Waals surface area contributed by atoms with Gasteiger partial charge < -0.3 is 0 Å². The maximum absolute atomic E-state index is 11.5. The van der Waals surface area contributed by atoms with Crippen LogP contribution in [0, 0.1) is 17.0 Å². The Morgan fingerprint density at radius 2 is 1.62 bits per heavy atom. The topological polar surface area (TPSA) is 43.1 Å². The first-order valence-corrected chi connectivity index (χ1v) is 10.5. The van der Waals surface area contributed by atoms with Gasteiger partial charge in [0.05, 0.1) is 9.82 Å². The summed E-state index contributed by atoms with van der Waals surface area (Å²) < 4.78 is 1.04. The highest BCUT2D eigenvalue weighted by Gasteiger charge is 2.16. The molecule has 3 nitrogen and oxygen atoms in total. The normalized spacial score (nSPS) is 10.7. The van der Waals surface area contributed by atoms with Crippen molar-refractivity contribution in [2.75, 3.05) is 0 Å². The van der Waals surface area contributed by atoms with Crippen molar-refractivity contribution in [1.29, 1.82) is 0 Å². The largest absolute Gasteiger partial charge is 0.283 e. The summed E-state index contributed by atoms with van der Waals surface area (Å²) in [6, 6.07) is 21.5. The maximum Gasteiger partial charge on any atom is 0.283 e. The van der Waals surface area contributed by atoms with Gasteiger partial charge in [-0.2, -0.15) is 0 Å². The first-order chi connectivity index (χ1) is 12.5. The number of aryl methyl sites for hydroxylation is 1. The minimum absolute atomic E-state index is 0.157. The van der Waals surface area contributed by atoms with Gasteiger partial charge in [0, 0.05) is 26.1 Å². The molecule has 0 aliphatic rings. The van der Waals surface area contributed by atoms with Crippen LogP contribution in [0.25, 0.3) is 0 Å². The lowest BCUT2D eigenvalue weighted by atomic mass is 10.2. The lowest BCUT2D eigenvalue weighted by molar-refractivity contribution is -0.387. The molecule has 0 aliphatic carbocycles. The lowest BCUT2D eigenvalue weighted by Gasteiger charge is -2.07. The summed E-state index contributed by atoms with van der Waals surface area (Å²) in [5.74, 6) is 0.692. The highest BCUT2D eigenvalue weighted by molar-refractivity contribution is 9.10. The van der Waals surface area contributed by atoms with Crippen molar-refractivity contribution in [1.82, 2.24) is 0 Å². The Labute approximate surface area is 169 Å². The molecule has 26 heavy (non-hydrogen) atoms. The third-order valence-corrected chi connectivity index (χ3v) is 6.37. The molecule has 0 radical (unpaired) electrons. The van der Waals surface area contributed by atoms with Gasteiger partial charge in [-0.05, 0) is 55.0 Å². The summed E-state index contributed by atoms with van der Waals surface area (Å²) >= 11 is 6.51. The second kappa shape index (κ2) is 8.75. The van der Waals surface area contributed by atoms with E-state index in [1.54, 1.807) is 17.8 Å². The molecule has 0 unspecified atom stereocenters. The highest BCUT2D eigenvalue weighted by Crippen LogP contribution is 2.36. The van der Waals surface area contributed by atoms with Crippen LogP contribution in [-0.4, -0.2) is 4.92 Å². The number of nitro benzene ring substituents is 1. The van der Waals surface area contributed by atoms with Crippen LogP contribution in [-0.2, 0) is 5.75 Å². The summed E-state index contributed by atoms with van der Waals surface area (Å²) in [5, 5.41) is 11.5. The second-order valence-electron chi connectivity index (χ2n) is 5.72. The summed E-state index contributed by atoms with van der Waals surface area (Å²) in [5.41, 5.74) is 2.27. The van der Waals surface area contributed by atoms with Crippen molar-refractivity contribution in [3.8, 4) is 0 Å². The van der Waals surface area contributed by atoms with E-state index < -0.39 is 0 Å². The Morgan fingerprint density at radius 3 is 2.27 bits per heavy atom. The van der Waals surface area contributed by atoms with E-state index in [2.05, 4.69) is 15.9 Å². The number of halogens is 1. The summed E-state index contributed by atoms with van der Waals surface area (Å²) in [6.45, 7) is 2.02. The third-order valence-electron chi connectivity index (χ3n) is 3.69. The van der Waals surface area contributed by atoms with Gasteiger partial charge in [-0.15, -0.1) is 11.8 Å². The second-order valence-corrected chi connectivity index (χ2v) is 8.80. The van der Waals surface area contributed by atoms with Crippen molar-refractivity contribution in [2.45, 2.75) is 27.4 Å². The SMILES string of the molecule is Cc1ccc(Sc2ccc(CSc3ccc(Br)cc3)cc2[N+](=O)[O-])cc1. The third kappa shape index (κ3) is 5.13. The lowest BCUT2D eigenvalue weighted by Crippen LogP contribution is -1.93. The van der Waals surface area contributed by atoms with Crippen LogP contribution < -0.4 is 0 Å². The molecule has 0 aromatic heterocycles. The van der Waals surface area contributed by atoms with Crippen LogP contribution in [0.15, 0.2) is 85.9 Å². The van der Waals surface area contributed by atoms with E-state index in [9.17, 15) is 10.1 Å². The molecular weight excluding hydrogens is 430 g/mol. The molecular formula is C20H16BrNO2S2. The van der Waals surface area contributed by atoms with Crippen molar-refractivity contribution in [3.63, 3.8) is 0 Å². The van der Waals surface area contributed by atoms with E-state index >= 15 is 0 Å². The first kappa shape index (κ1) is 19.0. The van der Waals surface area contributed by atoms with E-state index in [1.165, 1.54) is 17.3 Å².